The fourth-order valence-corrected chi connectivity index (χ4v) is 3.37. The van der Waals surface area contributed by atoms with Crippen molar-refractivity contribution in [3.63, 3.8) is 0 Å². The van der Waals surface area contributed by atoms with Gasteiger partial charge in [-0.1, -0.05) is 0 Å². The molecule has 0 aliphatic rings. The van der Waals surface area contributed by atoms with E-state index in [1.54, 1.807) is 11.3 Å². The zero-order valence-corrected chi connectivity index (χ0v) is 8.03. The van der Waals surface area contributed by atoms with Gasteiger partial charge in [0.1, 0.15) is 0 Å². The molecule has 0 unspecified atom stereocenters. The maximum atomic E-state index is 2.52. The van der Waals surface area contributed by atoms with Crippen LogP contribution in [0.1, 0.15) is 0 Å². The van der Waals surface area contributed by atoms with Crippen LogP contribution in [0.25, 0.3) is 0 Å². The summed E-state index contributed by atoms with van der Waals surface area (Å²) in [5.74, 6) is 0. The van der Waals surface area contributed by atoms with Gasteiger partial charge in [-0.15, -0.1) is 0 Å². The van der Waals surface area contributed by atoms with Gasteiger partial charge in [-0.25, -0.2) is 0 Å². The van der Waals surface area contributed by atoms with Gasteiger partial charge >= 0.3 is 63.0 Å². The van der Waals surface area contributed by atoms with E-state index in [0.717, 1.165) is 0 Å². The zero-order chi connectivity index (χ0) is 5.28. The van der Waals surface area contributed by atoms with Crippen molar-refractivity contribution >= 4 is 50.9 Å². The van der Waals surface area contributed by atoms with Gasteiger partial charge < -0.3 is 0 Å². The second-order valence-corrected chi connectivity index (χ2v) is 5.53. The van der Waals surface area contributed by atoms with Gasteiger partial charge in [-0.05, 0) is 0 Å². The van der Waals surface area contributed by atoms with E-state index in [1.807, 2.05) is 0 Å². The molecule has 1 heterocycles. The summed E-state index contributed by atoms with van der Waals surface area (Å²) in [7, 11) is 0. The Morgan fingerprint density at radius 1 is 1.14 bits per heavy atom. The molecule has 7 heavy (non-hydrogen) atoms. The molecule has 38 valence electrons. The molecule has 0 saturated heterocycles. The molecule has 0 aliphatic carbocycles. The molecular formula is C4H4SSe2. The molecular weight excluding hydrogens is 238 g/mol. The Bertz CT molecular complexity index is 142. The van der Waals surface area contributed by atoms with Crippen molar-refractivity contribution in [2.24, 2.45) is 0 Å². The van der Waals surface area contributed by atoms with E-state index in [4.69, 9.17) is 0 Å². The van der Waals surface area contributed by atoms with Crippen LogP contribution < -0.4 is 7.55 Å². The summed E-state index contributed by atoms with van der Waals surface area (Å²) in [6.45, 7) is 0. The molecule has 0 nitrogen and oxygen atoms in total. The first-order valence-corrected chi connectivity index (χ1v) is 4.46. The summed E-state index contributed by atoms with van der Waals surface area (Å²) in [5.41, 5.74) is 0. The quantitative estimate of drug-likeness (QED) is 0.501. The van der Waals surface area contributed by atoms with Crippen LogP contribution in [0.3, 0.4) is 0 Å². The van der Waals surface area contributed by atoms with Crippen molar-refractivity contribution in [3.8, 4) is 0 Å². The molecule has 0 atom stereocenters. The molecule has 0 saturated carbocycles. The fraction of sp³-hybridized carbons (Fsp3) is 0. The molecule has 0 bridgehead atoms. The number of rotatable bonds is 0. The van der Waals surface area contributed by atoms with E-state index < -0.39 is 0 Å². The molecule has 0 spiro atoms. The Morgan fingerprint density at radius 3 is 1.71 bits per heavy atom. The van der Waals surface area contributed by atoms with E-state index in [0.29, 0.717) is 0 Å². The van der Waals surface area contributed by atoms with Crippen LogP contribution >= 0.6 is 11.3 Å². The first-order valence-electron chi connectivity index (χ1n) is 1.77. The van der Waals surface area contributed by atoms with Crippen LogP contribution in [0.4, 0.5) is 0 Å². The second kappa shape index (κ2) is 2.34. The summed E-state index contributed by atoms with van der Waals surface area (Å²) >= 11 is 6.83. The molecule has 1 aromatic heterocycles. The predicted octanol–water partition coefficient (Wildman–Crippen LogP) is -1.20. The van der Waals surface area contributed by atoms with Gasteiger partial charge in [-0.2, -0.15) is 0 Å². The number of hydrogen-bond donors (Lipinski definition) is 0. The molecule has 0 N–H and O–H groups in total. The average Bonchev–Trinajstić information content (AvgIpc) is 1.87. The average molecular weight is 242 g/mol. The molecule has 1 rings (SSSR count). The van der Waals surface area contributed by atoms with Crippen LogP contribution in [0.2, 0.25) is 0 Å². The van der Waals surface area contributed by atoms with Crippen molar-refractivity contribution in [2.45, 2.75) is 0 Å². The Kier molecular flexibility index (Phi) is 1.96. The molecule has 0 amide bonds. The van der Waals surface area contributed by atoms with Crippen LogP contribution in [0.15, 0.2) is 12.1 Å². The summed E-state index contributed by atoms with van der Waals surface area (Å²) in [4.78, 5) is 0. The van der Waals surface area contributed by atoms with Crippen molar-refractivity contribution in [1.82, 2.24) is 0 Å². The first kappa shape index (κ1) is 5.87. The summed E-state index contributed by atoms with van der Waals surface area (Å²) in [5, 5.41) is 0. The van der Waals surface area contributed by atoms with Crippen molar-refractivity contribution in [3.05, 3.63) is 12.1 Å². The number of hydrogen-bond acceptors (Lipinski definition) is 1. The molecule has 0 fully saturated rings. The van der Waals surface area contributed by atoms with Crippen LogP contribution in [-0.4, -0.2) is 32.0 Å². The van der Waals surface area contributed by atoms with Gasteiger partial charge in [0, 0.05) is 0 Å². The van der Waals surface area contributed by atoms with Gasteiger partial charge in [-0.3, -0.25) is 0 Å². The second-order valence-electron chi connectivity index (χ2n) is 1.11. The Balaban J connectivity index is 3.04. The minimum atomic E-state index is 1.32. The third-order valence-electron chi connectivity index (χ3n) is 0.578. The van der Waals surface area contributed by atoms with E-state index in [1.165, 1.54) is 7.55 Å². The Hall–Kier alpha value is 0.739. The minimum absolute atomic E-state index is 1.32. The monoisotopic (exact) mass is 244 g/mol. The summed E-state index contributed by atoms with van der Waals surface area (Å²) in [6, 6.07) is 4.19. The van der Waals surface area contributed by atoms with E-state index >= 15 is 0 Å². The maximum absolute atomic E-state index is 2.52. The summed E-state index contributed by atoms with van der Waals surface area (Å²) < 4.78 is 2.64. The molecule has 0 aliphatic heterocycles. The Morgan fingerprint density at radius 2 is 1.57 bits per heavy atom. The Labute approximate surface area is 62.9 Å². The van der Waals surface area contributed by atoms with Crippen molar-refractivity contribution < 1.29 is 0 Å². The summed E-state index contributed by atoms with van der Waals surface area (Å²) in [6.07, 6.45) is 0. The van der Waals surface area contributed by atoms with E-state index in [2.05, 4.69) is 44.2 Å². The van der Waals surface area contributed by atoms with Gasteiger partial charge in [0.15, 0.2) is 0 Å². The van der Waals surface area contributed by atoms with E-state index in [-0.39, 0.29) is 0 Å². The predicted molar refractivity (Wildman–Crippen MR) is 37.9 cm³/mol. The first-order chi connectivity index (χ1) is 3.29. The van der Waals surface area contributed by atoms with Crippen LogP contribution in [-0.2, 0) is 0 Å². The normalized spacial score (nSPS) is 9.43. The molecule has 0 aromatic carbocycles. The van der Waals surface area contributed by atoms with Crippen molar-refractivity contribution in [2.75, 3.05) is 0 Å². The topological polar surface area (TPSA) is 0 Å². The zero-order valence-electron chi connectivity index (χ0n) is 3.46. The standard InChI is InChI=1S/C4H4SSe2/c6-3-1-2-4(7)5-3/h1-2,6-7H. The fourth-order valence-electron chi connectivity index (χ4n) is 0.318. The molecule has 1 aromatic rings. The SMILES string of the molecule is [SeH]c1ccc([SeH])s1. The molecule has 0 radical (unpaired) electrons. The third-order valence-corrected chi connectivity index (χ3v) is 3.04. The van der Waals surface area contributed by atoms with Gasteiger partial charge in [0.05, 0.1) is 0 Å². The van der Waals surface area contributed by atoms with Crippen LogP contribution in [0.5, 0.6) is 0 Å². The number of thiophene rings is 1. The molecule has 3 heteroatoms. The van der Waals surface area contributed by atoms with Gasteiger partial charge in [0.2, 0.25) is 0 Å². The van der Waals surface area contributed by atoms with Crippen molar-refractivity contribution in [1.29, 1.82) is 0 Å². The van der Waals surface area contributed by atoms with E-state index in [9.17, 15) is 0 Å². The third kappa shape index (κ3) is 1.60. The van der Waals surface area contributed by atoms with Crippen LogP contribution in [0, 0.1) is 0 Å². The van der Waals surface area contributed by atoms with Gasteiger partial charge in [0.25, 0.3) is 0 Å².